The molecule has 0 amide bonds. The van der Waals surface area contributed by atoms with Crippen LogP contribution in [0, 0.1) is 0 Å². The fourth-order valence-corrected chi connectivity index (χ4v) is 2.80. The van der Waals surface area contributed by atoms with Gasteiger partial charge in [-0.2, -0.15) is 0 Å². The Hall–Kier alpha value is -1.02. The summed E-state index contributed by atoms with van der Waals surface area (Å²) in [5.74, 6) is 1.33. The van der Waals surface area contributed by atoms with Crippen molar-refractivity contribution < 1.29 is 4.74 Å². The normalized spacial score (nSPS) is 20.7. The smallest absolute Gasteiger partial charge is 0.122 e. The van der Waals surface area contributed by atoms with Crippen LogP contribution in [0.1, 0.15) is 44.1 Å². The maximum Gasteiger partial charge on any atom is 0.122 e. The van der Waals surface area contributed by atoms with E-state index < -0.39 is 0 Å². The van der Waals surface area contributed by atoms with Crippen molar-refractivity contribution in [2.75, 3.05) is 7.11 Å². The third-order valence-electron chi connectivity index (χ3n) is 4.00. The van der Waals surface area contributed by atoms with Crippen molar-refractivity contribution in [2.24, 2.45) is 5.73 Å². The summed E-state index contributed by atoms with van der Waals surface area (Å²) in [5, 5.41) is 0. The molecule has 0 saturated heterocycles. The zero-order valence-electron chi connectivity index (χ0n) is 10.2. The molecule has 2 N–H and O–H groups in total. The molecule has 1 aromatic rings. The van der Waals surface area contributed by atoms with Crippen molar-refractivity contribution in [1.82, 2.24) is 0 Å². The summed E-state index contributed by atoms with van der Waals surface area (Å²) < 4.78 is 5.42. The van der Waals surface area contributed by atoms with Gasteiger partial charge < -0.3 is 10.5 Å². The first-order valence-corrected chi connectivity index (χ1v) is 6.09. The molecule has 0 heterocycles. The van der Waals surface area contributed by atoms with Crippen LogP contribution in [0.2, 0.25) is 0 Å². The predicted molar refractivity (Wildman–Crippen MR) is 66.8 cm³/mol. The zero-order valence-corrected chi connectivity index (χ0v) is 10.2. The highest BCUT2D eigenvalue weighted by molar-refractivity contribution is 5.38. The molecule has 16 heavy (non-hydrogen) atoms. The molecule has 1 aromatic carbocycles. The fourth-order valence-electron chi connectivity index (χ4n) is 2.80. The van der Waals surface area contributed by atoms with Crippen LogP contribution in [-0.4, -0.2) is 12.6 Å². The average Bonchev–Trinajstić information content (AvgIpc) is 2.76. The molecule has 1 saturated carbocycles. The van der Waals surface area contributed by atoms with Crippen LogP contribution in [-0.2, 0) is 0 Å². The maximum atomic E-state index is 6.50. The van der Waals surface area contributed by atoms with Gasteiger partial charge in [0.15, 0.2) is 0 Å². The van der Waals surface area contributed by atoms with Gasteiger partial charge in [-0.3, -0.25) is 0 Å². The van der Waals surface area contributed by atoms with E-state index in [1.807, 2.05) is 12.1 Å². The topological polar surface area (TPSA) is 35.2 Å². The molecule has 1 atom stereocenters. The van der Waals surface area contributed by atoms with Crippen molar-refractivity contribution in [1.29, 1.82) is 0 Å². The summed E-state index contributed by atoms with van der Waals surface area (Å²) in [7, 11) is 1.73. The van der Waals surface area contributed by atoms with Crippen LogP contribution < -0.4 is 10.5 Å². The van der Waals surface area contributed by atoms with Gasteiger partial charge >= 0.3 is 0 Å². The van der Waals surface area contributed by atoms with E-state index >= 15 is 0 Å². The molecule has 0 aromatic heterocycles. The first-order valence-electron chi connectivity index (χ1n) is 6.09. The average molecular weight is 219 g/mol. The number of rotatable bonds is 3. The van der Waals surface area contributed by atoms with Gasteiger partial charge in [0, 0.05) is 11.5 Å². The van der Waals surface area contributed by atoms with Gasteiger partial charge in [-0.25, -0.2) is 0 Å². The van der Waals surface area contributed by atoms with E-state index in [0.717, 1.165) is 18.6 Å². The van der Waals surface area contributed by atoms with E-state index in [-0.39, 0.29) is 5.54 Å². The van der Waals surface area contributed by atoms with Crippen molar-refractivity contribution >= 4 is 0 Å². The van der Waals surface area contributed by atoms with Crippen LogP contribution in [0.15, 0.2) is 24.3 Å². The SMILES string of the molecule is COc1ccccc1C(C)C1(N)CCCC1. The molecule has 2 nitrogen and oxygen atoms in total. The fraction of sp³-hybridized carbons (Fsp3) is 0.571. The molecule has 0 radical (unpaired) electrons. The molecule has 1 aliphatic carbocycles. The van der Waals surface area contributed by atoms with Gasteiger partial charge in [0.1, 0.15) is 5.75 Å². The number of nitrogens with two attached hydrogens (primary N) is 1. The summed E-state index contributed by atoms with van der Waals surface area (Å²) in [6.45, 7) is 2.23. The van der Waals surface area contributed by atoms with E-state index in [1.54, 1.807) is 7.11 Å². The lowest BCUT2D eigenvalue weighted by atomic mass is 9.79. The minimum absolute atomic E-state index is 0.0331. The summed E-state index contributed by atoms with van der Waals surface area (Å²) in [5.41, 5.74) is 7.71. The molecule has 0 aliphatic heterocycles. The summed E-state index contributed by atoms with van der Waals surface area (Å²) >= 11 is 0. The minimum atomic E-state index is -0.0331. The summed E-state index contributed by atoms with van der Waals surface area (Å²) in [4.78, 5) is 0. The van der Waals surface area contributed by atoms with E-state index in [0.29, 0.717) is 5.92 Å². The summed E-state index contributed by atoms with van der Waals surface area (Å²) in [6.07, 6.45) is 4.78. The van der Waals surface area contributed by atoms with Gasteiger partial charge in [-0.15, -0.1) is 0 Å². The van der Waals surface area contributed by atoms with Gasteiger partial charge in [-0.1, -0.05) is 38.0 Å². The molecule has 1 unspecified atom stereocenters. The Kier molecular flexibility index (Phi) is 3.20. The first-order chi connectivity index (χ1) is 7.67. The molecule has 2 heteroatoms. The third-order valence-corrected chi connectivity index (χ3v) is 4.00. The van der Waals surface area contributed by atoms with Crippen LogP contribution in [0.5, 0.6) is 5.75 Å². The van der Waals surface area contributed by atoms with Gasteiger partial charge in [0.25, 0.3) is 0 Å². The second-order valence-corrected chi connectivity index (χ2v) is 4.90. The molecule has 0 bridgehead atoms. The molecular formula is C14H21NO. The Balaban J connectivity index is 2.29. The van der Waals surface area contributed by atoms with Gasteiger partial charge in [0.2, 0.25) is 0 Å². The predicted octanol–water partition coefficient (Wildman–Crippen LogP) is 3.07. The number of ether oxygens (including phenoxy) is 1. The lowest BCUT2D eigenvalue weighted by Crippen LogP contribution is -2.41. The lowest BCUT2D eigenvalue weighted by molar-refractivity contribution is 0.351. The lowest BCUT2D eigenvalue weighted by Gasteiger charge is -2.32. The van der Waals surface area contributed by atoms with Crippen molar-refractivity contribution in [3.63, 3.8) is 0 Å². The Morgan fingerprint density at radius 3 is 2.50 bits per heavy atom. The molecule has 0 spiro atoms. The van der Waals surface area contributed by atoms with Crippen molar-refractivity contribution in [2.45, 2.75) is 44.1 Å². The van der Waals surface area contributed by atoms with Crippen molar-refractivity contribution in [3.05, 3.63) is 29.8 Å². The quantitative estimate of drug-likeness (QED) is 0.848. The highest BCUT2D eigenvalue weighted by Crippen LogP contribution is 2.41. The Labute approximate surface area is 97.8 Å². The van der Waals surface area contributed by atoms with Crippen molar-refractivity contribution in [3.8, 4) is 5.75 Å². The highest BCUT2D eigenvalue weighted by Gasteiger charge is 2.36. The van der Waals surface area contributed by atoms with E-state index in [9.17, 15) is 0 Å². The summed E-state index contributed by atoms with van der Waals surface area (Å²) in [6, 6.07) is 8.22. The second-order valence-electron chi connectivity index (χ2n) is 4.90. The number of hydrogen-bond acceptors (Lipinski definition) is 2. The Bertz CT molecular complexity index is 356. The number of para-hydroxylation sites is 1. The van der Waals surface area contributed by atoms with Crippen LogP contribution in [0.3, 0.4) is 0 Å². The third kappa shape index (κ3) is 1.94. The van der Waals surface area contributed by atoms with E-state index in [1.165, 1.54) is 18.4 Å². The monoisotopic (exact) mass is 219 g/mol. The second kappa shape index (κ2) is 4.46. The molecule has 1 aliphatic rings. The number of hydrogen-bond donors (Lipinski definition) is 1. The number of methoxy groups -OCH3 is 1. The maximum absolute atomic E-state index is 6.50. The molecular weight excluding hydrogens is 198 g/mol. The first kappa shape index (κ1) is 11.5. The van der Waals surface area contributed by atoms with Gasteiger partial charge in [0.05, 0.1) is 7.11 Å². The van der Waals surface area contributed by atoms with Crippen LogP contribution in [0.4, 0.5) is 0 Å². The van der Waals surface area contributed by atoms with Crippen LogP contribution >= 0.6 is 0 Å². The Morgan fingerprint density at radius 2 is 1.88 bits per heavy atom. The van der Waals surface area contributed by atoms with E-state index in [2.05, 4.69) is 19.1 Å². The molecule has 88 valence electrons. The van der Waals surface area contributed by atoms with Crippen LogP contribution in [0.25, 0.3) is 0 Å². The largest absolute Gasteiger partial charge is 0.496 e. The Morgan fingerprint density at radius 1 is 1.25 bits per heavy atom. The van der Waals surface area contributed by atoms with E-state index in [4.69, 9.17) is 10.5 Å². The standard InChI is InChI=1S/C14H21NO/c1-11(14(15)9-5-6-10-14)12-7-3-4-8-13(12)16-2/h3-4,7-8,11H,5-6,9-10,15H2,1-2H3. The molecule has 2 rings (SSSR count). The number of benzene rings is 1. The highest BCUT2D eigenvalue weighted by atomic mass is 16.5. The zero-order chi connectivity index (χ0) is 11.6. The minimum Gasteiger partial charge on any atom is -0.496 e. The molecule has 1 fully saturated rings. The van der Waals surface area contributed by atoms with Gasteiger partial charge in [-0.05, 0) is 24.5 Å².